The van der Waals surface area contributed by atoms with Gasteiger partial charge >= 0.3 is 23.9 Å². The maximum Gasteiger partial charge on any atom is 0.338 e. The first kappa shape index (κ1) is 36.7. The molecule has 0 unspecified atom stereocenters. The number of benzene rings is 3. The summed E-state index contributed by atoms with van der Waals surface area (Å²) in [5.74, 6) is -2.96. The Labute approximate surface area is 293 Å². The molecule has 0 saturated carbocycles. The highest BCUT2D eigenvalue weighted by atomic mass is 32.2. The number of carbonyl (C=O) groups excluding carboxylic acids is 5. The van der Waals surface area contributed by atoms with Crippen LogP contribution in [0.3, 0.4) is 0 Å². The third kappa shape index (κ3) is 9.78. The molecule has 12 nitrogen and oxygen atoms in total. The second-order valence-electron chi connectivity index (χ2n) is 11.8. The molecule has 0 bridgehead atoms. The Balaban J connectivity index is 1.45. The van der Waals surface area contributed by atoms with E-state index in [4.69, 9.17) is 33.2 Å². The molecule has 7 atom stereocenters. The lowest BCUT2D eigenvalue weighted by Gasteiger charge is -2.36. The normalized spacial score (nSPS) is 24.7. The zero-order valence-electron chi connectivity index (χ0n) is 27.7. The number of rotatable bonds is 13. The molecule has 13 heteroatoms. The maximum absolute atomic E-state index is 13.5. The smallest absolute Gasteiger partial charge is 0.338 e. The Morgan fingerprint density at radius 1 is 0.700 bits per heavy atom. The molecule has 0 radical (unpaired) electrons. The molecule has 0 spiro atoms. The number of hydrogen-bond donors (Lipinski definition) is 0. The minimum absolute atomic E-state index is 0.0602. The molecule has 0 N–H and O–H groups in total. The van der Waals surface area contributed by atoms with Gasteiger partial charge in [0, 0.05) is 18.6 Å². The summed E-state index contributed by atoms with van der Waals surface area (Å²) in [4.78, 5) is 64.7. The highest BCUT2D eigenvalue weighted by Crippen LogP contribution is 2.40. The Morgan fingerprint density at radius 2 is 1.20 bits per heavy atom. The summed E-state index contributed by atoms with van der Waals surface area (Å²) in [6.07, 6.45) is -5.95. The monoisotopic (exact) mass is 706 g/mol. The molecule has 0 aliphatic carbocycles. The third-order valence-corrected chi connectivity index (χ3v) is 9.16. The van der Waals surface area contributed by atoms with Crippen LogP contribution < -0.4 is 0 Å². The minimum atomic E-state index is -1.25. The number of Topliss-reactive ketones (excluding diaryl/α,β-unsaturated/α-hetero) is 1. The van der Waals surface area contributed by atoms with Gasteiger partial charge in [0.2, 0.25) is 6.29 Å². The van der Waals surface area contributed by atoms with Crippen molar-refractivity contribution in [2.45, 2.75) is 74.7 Å². The summed E-state index contributed by atoms with van der Waals surface area (Å²) in [7, 11) is 0. The van der Waals surface area contributed by atoms with Gasteiger partial charge in [-0.05, 0) is 50.2 Å². The van der Waals surface area contributed by atoms with Gasteiger partial charge in [-0.3, -0.25) is 9.59 Å². The van der Waals surface area contributed by atoms with E-state index < -0.39 is 65.3 Å². The molecule has 2 aliphatic rings. The lowest BCUT2D eigenvalue weighted by molar-refractivity contribution is -0.211. The van der Waals surface area contributed by atoms with Crippen LogP contribution in [0, 0.1) is 0 Å². The summed E-state index contributed by atoms with van der Waals surface area (Å²) in [6, 6.07) is 24.8. The van der Waals surface area contributed by atoms with Gasteiger partial charge in [-0.25, -0.2) is 14.4 Å². The first-order valence-corrected chi connectivity index (χ1v) is 17.1. The van der Waals surface area contributed by atoms with Crippen molar-refractivity contribution >= 4 is 41.4 Å². The van der Waals surface area contributed by atoms with Crippen LogP contribution in [0.4, 0.5) is 0 Å². The van der Waals surface area contributed by atoms with E-state index >= 15 is 0 Å². The minimum Gasteiger partial charge on any atom is -0.463 e. The molecular weight excluding hydrogens is 668 g/mol. The van der Waals surface area contributed by atoms with Crippen LogP contribution >= 0.6 is 11.8 Å². The Bertz CT molecular complexity index is 1620. The van der Waals surface area contributed by atoms with Crippen molar-refractivity contribution in [2.75, 3.05) is 13.2 Å². The molecular formula is C37H38O12S. The van der Waals surface area contributed by atoms with Gasteiger partial charge in [-0.15, -0.1) is 11.8 Å². The van der Waals surface area contributed by atoms with E-state index in [-0.39, 0.29) is 42.6 Å². The lowest BCUT2D eigenvalue weighted by Crippen LogP contribution is -2.49. The van der Waals surface area contributed by atoms with Crippen LogP contribution in [0.15, 0.2) is 91.0 Å². The predicted molar refractivity (Wildman–Crippen MR) is 179 cm³/mol. The van der Waals surface area contributed by atoms with Crippen LogP contribution in [0.5, 0.6) is 0 Å². The largest absolute Gasteiger partial charge is 0.463 e. The molecule has 2 aliphatic heterocycles. The number of ether oxygens (including phenoxy) is 7. The van der Waals surface area contributed by atoms with Crippen LogP contribution in [0.1, 0.15) is 58.3 Å². The number of ketones is 1. The highest BCUT2D eigenvalue weighted by molar-refractivity contribution is 8.00. The van der Waals surface area contributed by atoms with Crippen molar-refractivity contribution in [2.24, 2.45) is 0 Å². The number of thioether (sulfide) groups is 1. The molecule has 0 amide bonds. The molecule has 2 saturated heterocycles. The van der Waals surface area contributed by atoms with Crippen molar-refractivity contribution in [1.82, 2.24) is 0 Å². The fourth-order valence-electron chi connectivity index (χ4n) is 5.31. The molecule has 3 aromatic rings. The quantitative estimate of drug-likeness (QED) is 0.177. The number of hydrogen-bond acceptors (Lipinski definition) is 13. The van der Waals surface area contributed by atoms with Crippen LogP contribution in [0.2, 0.25) is 0 Å². The first-order chi connectivity index (χ1) is 24.1. The second-order valence-corrected chi connectivity index (χ2v) is 13.2. The van der Waals surface area contributed by atoms with Crippen LogP contribution in [-0.2, 0) is 42.7 Å². The van der Waals surface area contributed by atoms with Crippen LogP contribution in [0.25, 0.3) is 0 Å². The summed E-state index contributed by atoms with van der Waals surface area (Å²) in [5, 5.41) is -0.673. The molecule has 50 heavy (non-hydrogen) atoms. The predicted octanol–water partition coefficient (Wildman–Crippen LogP) is 4.79. The Hall–Kier alpha value is -4.56. The van der Waals surface area contributed by atoms with Crippen molar-refractivity contribution in [3.63, 3.8) is 0 Å². The van der Waals surface area contributed by atoms with E-state index in [1.54, 1.807) is 105 Å². The lowest BCUT2D eigenvalue weighted by atomic mass is 10.1. The zero-order chi connectivity index (χ0) is 35.6. The van der Waals surface area contributed by atoms with Crippen LogP contribution in [-0.4, -0.2) is 90.4 Å². The van der Waals surface area contributed by atoms with Gasteiger partial charge < -0.3 is 33.2 Å². The van der Waals surface area contributed by atoms with Crippen molar-refractivity contribution < 1.29 is 57.1 Å². The van der Waals surface area contributed by atoms with Crippen molar-refractivity contribution in [1.29, 1.82) is 0 Å². The Kier molecular flexibility index (Phi) is 12.8. The van der Waals surface area contributed by atoms with E-state index in [1.165, 1.54) is 6.92 Å². The van der Waals surface area contributed by atoms with E-state index in [2.05, 4.69) is 0 Å². The molecule has 2 fully saturated rings. The van der Waals surface area contributed by atoms with Gasteiger partial charge in [0.15, 0.2) is 18.0 Å². The van der Waals surface area contributed by atoms with Crippen molar-refractivity contribution in [3.8, 4) is 0 Å². The average Bonchev–Trinajstić information content (AvgIpc) is 3.42. The molecule has 0 aromatic heterocycles. The topological polar surface area (TPSA) is 150 Å². The molecule has 2 heterocycles. The Morgan fingerprint density at radius 3 is 1.72 bits per heavy atom. The zero-order valence-corrected chi connectivity index (χ0v) is 28.5. The van der Waals surface area contributed by atoms with Gasteiger partial charge in [-0.2, -0.15) is 0 Å². The summed E-state index contributed by atoms with van der Waals surface area (Å²) in [6.45, 7) is 4.23. The fourth-order valence-corrected chi connectivity index (χ4v) is 6.80. The number of esters is 4. The van der Waals surface area contributed by atoms with E-state index in [0.717, 1.165) is 11.8 Å². The summed E-state index contributed by atoms with van der Waals surface area (Å²) >= 11 is 1.09. The summed E-state index contributed by atoms with van der Waals surface area (Å²) < 4.78 is 40.9. The first-order valence-electron chi connectivity index (χ1n) is 16.1. The van der Waals surface area contributed by atoms with Gasteiger partial charge in [0.25, 0.3) is 0 Å². The number of carbonyl (C=O) groups is 5. The fraction of sp³-hybridized carbons (Fsp3) is 0.378. The SMILES string of the molecule is CC(=O)OC[C@H]1O[C@H](OC(C)C)C(=O)C[C@H]1S[C@H]1O[C@H](COC(=O)c2ccccc2)[C@@H](OC(=O)c2ccccc2)[C@H]1OC(=O)c1ccccc1. The van der Waals surface area contributed by atoms with E-state index in [1.807, 2.05) is 0 Å². The average molecular weight is 707 g/mol. The molecule has 264 valence electrons. The molecule has 5 rings (SSSR count). The summed E-state index contributed by atoms with van der Waals surface area (Å²) in [5.41, 5.74) is -0.285. The van der Waals surface area contributed by atoms with Crippen molar-refractivity contribution in [3.05, 3.63) is 108 Å². The standard InChI is InChI=1S/C37H38O12S/c1-22(2)45-36-27(39)19-30(28(46-36)20-43-23(3)38)50-37-32(49-35(42)26-17-11-6-12-18-26)31(48-34(41)25-15-9-5-10-16-25)29(47-37)21-44-33(40)24-13-7-4-8-14-24/h4-18,22,28-32,36-37H,19-21H2,1-3H3/t28-,29-,30-,31-,32-,36+,37-/m1/s1. The van der Waals surface area contributed by atoms with Gasteiger partial charge in [0.05, 0.1) is 22.8 Å². The van der Waals surface area contributed by atoms with E-state index in [0.29, 0.717) is 5.56 Å². The molecule has 3 aromatic carbocycles. The second kappa shape index (κ2) is 17.4. The third-order valence-electron chi connectivity index (χ3n) is 7.69. The van der Waals surface area contributed by atoms with Gasteiger partial charge in [0.1, 0.15) is 30.9 Å². The van der Waals surface area contributed by atoms with E-state index in [9.17, 15) is 24.0 Å². The maximum atomic E-state index is 13.5. The van der Waals surface area contributed by atoms with Gasteiger partial charge in [-0.1, -0.05) is 54.6 Å². The highest BCUT2D eigenvalue weighted by Gasteiger charge is 2.53.